The van der Waals surface area contributed by atoms with Crippen LogP contribution >= 0.6 is 11.3 Å². The van der Waals surface area contributed by atoms with Gasteiger partial charge in [0.25, 0.3) is 10.0 Å². The fourth-order valence-electron chi connectivity index (χ4n) is 2.94. The Balaban J connectivity index is 1.47. The number of carbonyl (C=O) groups excluding carboxylic acids is 1. The monoisotopic (exact) mass is 393 g/mol. The van der Waals surface area contributed by atoms with E-state index in [1.165, 1.54) is 17.8 Å². The van der Waals surface area contributed by atoms with Crippen LogP contribution in [0.4, 0.5) is 5.69 Å². The lowest BCUT2D eigenvalue weighted by atomic mass is 10.1. The highest BCUT2D eigenvalue weighted by Gasteiger charge is 2.16. The van der Waals surface area contributed by atoms with E-state index in [4.69, 9.17) is 0 Å². The highest BCUT2D eigenvalue weighted by molar-refractivity contribution is 7.94. The van der Waals surface area contributed by atoms with Gasteiger partial charge in [0.15, 0.2) is 0 Å². The summed E-state index contributed by atoms with van der Waals surface area (Å²) in [6.07, 6.45) is 2.47. The van der Waals surface area contributed by atoms with Crippen LogP contribution in [0.1, 0.15) is 18.4 Å². The molecule has 0 spiro atoms. The first kappa shape index (κ1) is 18.9. The van der Waals surface area contributed by atoms with Gasteiger partial charge in [-0.05, 0) is 61.0 Å². The summed E-state index contributed by atoms with van der Waals surface area (Å²) in [6.45, 7) is 2.81. The molecule has 1 aromatic heterocycles. The van der Waals surface area contributed by atoms with E-state index >= 15 is 0 Å². The molecule has 1 atom stereocenters. The molecule has 0 saturated carbocycles. The van der Waals surface area contributed by atoms with Gasteiger partial charge in [0.1, 0.15) is 4.21 Å². The molecule has 3 rings (SSSR count). The van der Waals surface area contributed by atoms with E-state index in [0.717, 1.165) is 25.1 Å². The molecule has 1 amide bonds. The second-order valence-electron chi connectivity index (χ2n) is 6.41. The first-order valence-electron chi connectivity index (χ1n) is 8.65. The molecule has 1 aliphatic rings. The van der Waals surface area contributed by atoms with Crippen LogP contribution in [-0.4, -0.2) is 34.0 Å². The van der Waals surface area contributed by atoms with Gasteiger partial charge in [-0.25, -0.2) is 8.42 Å². The lowest BCUT2D eigenvalue weighted by Gasteiger charge is -2.10. The van der Waals surface area contributed by atoms with Gasteiger partial charge >= 0.3 is 0 Å². The maximum atomic E-state index is 12.2. The van der Waals surface area contributed by atoms with Crippen LogP contribution in [-0.2, 0) is 21.2 Å². The zero-order chi connectivity index (χ0) is 18.4. The molecule has 1 unspecified atom stereocenters. The number of hydrogen-bond acceptors (Lipinski definition) is 5. The van der Waals surface area contributed by atoms with Gasteiger partial charge < -0.3 is 10.6 Å². The molecule has 1 fully saturated rings. The van der Waals surface area contributed by atoms with E-state index < -0.39 is 10.0 Å². The summed E-state index contributed by atoms with van der Waals surface area (Å²) in [7, 11) is -3.54. The summed E-state index contributed by atoms with van der Waals surface area (Å²) in [4.78, 5) is 12.0. The zero-order valence-corrected chi connectivity index (χ0v) is 16.0. The number of sulfonamides is 1. The number of thiophene rings is 1. The van der Waals surface area contributed by atoms with Crippen molar-refractivity contribution in [1.29, 1.82) is 0 Å². The van der Waals surface area contributed by atoms with Crippen molar-refractivity contribution in [3.8, 4) is 0 Å². The normalized spacial score (nSPS) is 17.2. The summed E-state index contributed by atoms with van der Waals surface area (Å²) in [5.74, 6) is 0.647. The highest BCUT2D eigenvalue weighted by atomic mass is 32.2. The van der Waals surface area contributed by atoms with Crippen LogP contribution < -0.4 is 15.4 Å². The van der Waals surface area contributed by atoms with Gasteiger partial charge in [-0.2, -0.15) is 0 Å². The van der Waals surface area contributed by atoms with Crippen molar-refractivity contribution in [1.82, 2.24) is 10.6 Å². The first-order chi connectivity index (χ1) is 12.5. The minimum atomic E-state index is -3.54. The Hall–Kier alpha value is -1.90. The molecule has 2 aromatic rings. The molecule has 0 bridgehead atoms. The van der Waals surface area contributed by atoms with Crippen molar-refractivity contribution >= 4 is 33.0 Å². The molecule has 8 heteroatoms. The standard InChI is InChI=1S/C18H23N3O3S2/c22-17(20-10-8-15-7-9-19-13-15)12-14-3-5-16(6-4-14)21-26(23,24)18-2-1-11-25-18/h1-6,11,15,19,21H,7-10,12-13H2,(H,20,22). The molecule has 140 valence electrons. The first-order valence-corrected chi connectivity index (χ1v) is 11.0. The summed E-state index contributed by atoms with van der Waals surface area (Å²) in [5, 5.41) is 7.99. The summed E-state index contributed by atoms with van der Waals surface area (Å²) in [6, 6.07) is 10.2. The number of rotatable bonds is 8. The third-order valence-electron chi connectivity index (χ3n) is 4.37. The van der Waals surface area contributed by atoms with E-state index in [2.05, 4.69) is 15.4 Å². The Morgan fingerprint density at radius 3 is 2.69 bits per heavy atom. The van der Waals surface area contributed by atoms with Crippen LogP contribution in [0.25, 0.3) is 0 Å². The van der Waals surface area contributed by atoms with Crippen LogP contribution in [0.3, 0.4) is 0 Å². The lowest BCUT2D eigenvalue weighted by Crippen LogP contribution is -2.27. The molecule has 1 aromatic carbocycles. The molecule has 3 N–H and O–H groups in total. The smallest absolute Gasteiger partial charge is 0.271 e. The number of carbonyl (C=O) groups is 1. The number of nitrogens with one attached hydrogen (secondary N) is 3. The van der Waals surface area contributed by atoms with E-state index in [1.807, 2.05) is 0 Å². The molecule has 0 aliphatic carbocycles. The van der Waals surface area contributed by atoms with Gasteiger partial charge in [0, 0.05) is 12.2 Å². The second kappa shape index (κ2) is 8.66. The Morgan fingerprint density at radius 2 is 2.04 bits per heavy atom. The molecule has 26 heavy (non-hydrogen) atoms. The molecule has 1 saturated heterocycles. The maximum Gasteiger partial charge on any atom is 0.271 e. The van der Waals surface area contributed by atoms with Crippen LogP contribution in [0.5, 0.6) is 0 Å². The Labute approximate surface area is 158 Å². The molecule has 1 aliphatic heterocycles. The fraction of sp³-hybridized carbons (Fsp3) is 0.389. The predicted molar refractivity (Wildman–Crippen MR) is 104 cm³/mol. The molecule has 6 nitrogen and oxygen atoms in total. The van der Waals surface area contributed by atoms with Gasteiger partial charge in [0.2, 0.25) is 5.91 Å². The predicted octanol–water partition coefficient (Wildman–Crippen LogP) is 2.21. The van der Waals surface area contributed by atoms with Crippen LogP contribution in [0, 0.1) is 5.92 Å². The summed E-state index contributed by atoms with van der Waals surface area (Å²) < 4.78 is 27.2. The second-order valence-corrected chi connectivity index (χ2v) is 9.27. The average molecular weight is 394 g/mol. The zero-order valence-electron chi connectivity index (χ0n) is 14.4. The molecule has 0 radical (unpaired) electrons. The average Bonchev–Trinajstić information content (AvgIpc) is 3.30. The minimum Gasteiger partial charge on any atom is -0.356 e. The highest BCUT2D eigenvalue weighted by Crippen LogP contribution is 2.20. The van der Waals surface area contributed by atoms with Crippen molar-refractivity contribution in [3.63, 3.8) is 0 Å². The fourth-order valence-corrected chi connectivity index (χ4v) is 4.99. The molecular formula is C18H23N3O3S2. The Bertz CT molecular complexity index is 812. The van der Waals surface area contributed by atoms with Crippen molar-refractivity contribution in [3.05, 3.63) is 47.3 Å². The molecular weight excluding hydrogens is 370 g/mol. The Kier molecular flexibility index (Phi) is 6.29. The van der Waals surface area contributed by atoms with E-state index in [0.29, 0.717) is 24.6 Å². The quantitative estimate of drug-likeness (QED) is 0.642. The lowest BCUT2D eigenvalue weighted by molar-refractivity contribution is -0.120. The van der Waals surface area contributed by atoms with Gasteiger partial charge in [0.05, 0.1) is 6.42 Å². The summed E-state index contributed by atoms with van der Waals surface area (Å²) >= 11 is 1.17. The van der Waals surface area contributed by atoms with Gasteiger partial charge in [-0.3, -0.25) is 9.52 Å². The topological polar surface area (TPSA) is 87.3 Å². The van der Waals surface area contributed by atoms with E-state index in [-0.39, 0.29) is 10.1 Å². The maximum absolute atomic E-state index is 12.2. The van der Waals surface area contributed by atoms with Crippen LogP contribution in [0.15, 0.2) is 46.0 Å². The van der Waals surface area contributed by atoms with Crippen molar-refractivity contribution < 1.29 is 13.2 Å². The minimum absolute atomic E-state index is 0.0112. The van der Waals surface area contributed by atoms with E-state index in [1.54, 1.807) is 41.8 Å². The van der Waals surface area contributed by atoms with Crippen LogP contribution in [0.2, 0.25) is 0 Å². The van der Waals surface area contributed by atoms with Gasteiger partial charge in [-0.15, -0.1) is 11.3 Å². The van der Waals surface area contributed by atoms with Gasteiger partial charge in [-0.1, -0.05) is 18.2 Å². The third kappa shape index (κ3) is 5.30. The van der Waals surface area contributed by atoms with E-state index in [9.17, 15) is 13.2 Å². The number of hydrogen-bond donors (Lipinski definition) is 3. The number of amides is 1. The van der Waals surface area contributed by atoms with Crippen molar-refractivity contribution in [2.24, 2.45) is 5.92 Å². The molecule has 2 heterocycles. The summed E-state index contributed by atoms with van der Waals surface area (Å²) in [5.41, 5.74) is 1.33. The largest absolute Gasteiger partial charge is 0.356 e. The van der Waals surface area contributed by atoms with Crippen molar-refractivity contribution in [2.45, 2.75) is 23.5 Å². The third-order valence-corrected chi connectivity index (χ3v) is 7.15. The van der Waals surface area contributed by atoms with Crippen molar-refractivity contribution in [2.75, 3.05) is 24.4 Å². The number of benzene rings is 1. The SMILES string of the molecule is O=C(Cc1ccc(NS(=O)(=O)c2cccs2)cc1)NCCC1CCNC1. The number of anilines is 1. The Morgan fingerprint density at radius 1 is 1.23 bits per heavy atom.